The van der Waals surface area contributed by atoms with E-state index in [4.69, 9.17) is 9.72 Å². The van der Waals surface area contributed by atoms with E-state index in [-0.39, 0.29) is 29.6 Å². The van der Waals surface area contributed by atoms with Crippen LogP contribution >= 0.6 is 35.3 Å². The Hall–Kier alpha value is -1.19. The largest absolute Gasteiger partial charge is 0.373 e. The minimum absolute atomic E-state index is 0. The minimum Gasteiger partial charge on any atom is -0.373 e. The molecule has 0 aliphatic carbocycles. The standard InChI is InChI=1S/C19H26N4OS.HI/c1-14-16(25-17(23-14)15-8-5-4-6-9-15)12-21-18(20-3)22-13-19(2)10-7-11-24-19;/h4-6,8-9H,7,10-13H2,1-3H3,(H2,20,21,22);1H. The Morgan fingerprint density at radius 1 is 1.31 bits per heavy atom. The predicted octanol–water partition coefficient (Wildman–Crippen LogP) is 3.97. The highest BCUT2D eigenvalue weighted by Gasteiger charge is 2.29. The van der Waals surface area contributed by atoms with E-state index in [1.54, 1.807) is 18.4 Å². The van der Waals surface area contributed by atoms with E-state index < -0.39 is 0 Å². The highest BCUT2D eigenvalue weighted by Crippen LogP contribution is 2.27. The summed E-state index contributed by atoms with van der Waals surface area (Å²) in [5, 5.41) is 7.82. The van der Waals surface area contributed by atoms with Gasteiger partial charge in [0.05, 0.1) is 17.8 Å². The molecule has 0 saturated carbocycles. The number of hydrogen-bond acceptors (Lipinski definition) is 4. The fourth-order valence-corrected chi connectivity index (χ4v) is 3.94. The van der Waals surface area contributed by atoms with Crippen molar-refractivity contribution in [2.45, 2.75) is 38.8 Å². The third-order valence-corrected chi connectivity index (χ3v) is 5.69. The molecule has 5 nitrogen and oxygen atoms in total. The molecule has 1 aromatic carbocycles. The van der Waals surface area contributed by atoms with Gasteiger partial charge in [-0.25, -0.2) is 4.98 Å². The molecule has 2 aromatic rings. The molecule has 1 fully saturated rings. The van der Waals surface area contributed by atoms with E-state index in [9.17, 15) is 0 Å². The molecule has 1 saturated heterocycles. The maximum absolute atomic E-state index is 5.82. The summed E-state index contributed by atoms with van der Waals surface area (Å²) in [6, 6.07) is 10.3. The molecule has 142 valence electrons. The molecule has 1 aliphatic heterocycles. The highest BCUT2D eigenvalue weighted by molar-refractivity contribution is 14.0. The Kier molecular flexibility index (Phi) is 7.85. The Labute approximate surface area is 176 Å². The van der Waals surface area contributed by atoms with E-state index in [1.807, 2.05) is 18.2 Å². The van der Waals surface area contributed by atoms with Gasteiger partial charge in [-0.05, 0) is 26.7 Å². The Balaban J connectivity index is 0.00000243. The van der Waals surface area contributed by atoms with E-state index in [2.05, 4.69) is 41.6 Å². The van der Waals surface area contributed by atoms with Crippen LogP contribution in [0.3, 0.4) is 0 Å². The first-order valence-electron chi connectivity index (χ1n) is 8.70. The molecular formula is C19H27IN4OS. The van der Waals surface area contributed by atoms with Gasteiger partial charge in [-0.1, -0.05) is 30.3 Å². The van der Waals surface area contributed by atoms with Crippen molar-refractivity contribution < 1.29 is 4.74 Å². The number of benzene rings is 1. The second-order valence-electron chi connectivity index (χ2n) is 6.57. The molecule has 1 unspecified atom stereocenters. The van der Waals surface area contributed by atoms with Crippen LogP contribution in [0.25, 0.3) is 10.6 Å². The third-order valence-electron chi connectivity index (χ3n) is 4.48. The summed E-state index contributed by atoms with van der Waals surface area (Å²) in [6.07, 6.45) is 2.22. The van der Waals surface area contributed by atoms with Crippen molar-refractivity contribution in [1.29, 1.82) is 0 Å². The number of aliphatic imine (C=N–C) groups is 1. The zero-order chi connectivity index (χ0) is 17.7. The van der Waals surface area contributed by atoms with Crippen LogP contribution in [0.2, 0.25) is 0 Å². The quantitative estimate of drug-likeness (QED) is 0.382. The molecule has 0 spiro atoms. The summed E-state index contributed by atoms with van der Waals surface area (Å²) in [5.74, 6) is 0.797. The highest BCUT2D eigenvalue weighted by atomic mass is 127. The van der Waals surface area contributed by atoms with Crippen molar-refractivity contribution in [2.75, 3.05) is 20.2 Å². The van der Waals surface area contributed by atoms with Crippen molar-refractivity contribution in [1.82, 2.24) is 15.6 Å². The number of nitrogens with zero attached hydrogens (tertiary/aromatic N) is 2. The first-order valence-corrected chi connectivity index (χ1v) is 9.51. The lowest BCUT2D eigenvalue weighted by atomic mass is 10.0. The molecule has 1 aliphatic rings. The predicted molar refractivity (Wildman–Crippen MR) is 119 cm³/mol. The number of nitrogens with one attached hydrogen (secondary N) is 2. The van der Waals surface area contributed by atoms with Gasteiger partial charge in [0.15, 0.2) is 5.96 Å². The number of aromatic nitrogens is 1. The summed E-state index contributed by atoms with van der Waals surface area (Å²) in [7, 11) is 1.79. The van der Waals surface area contributed by atoms with Gasteiger partial charge in [0.2, 0.25) is 0 Å². The first kappa shape index (κ1) is 21.1. The summed E-state index contributed by atoms with van der Waals surface area (Å²) < 4.78 is 5.82. The van der Waals surface area contributed by atoms with Crippen molar-refractivity contribution in [3.63, 3.8) is 0 Å². The summed E-state index contributed by atoms with van der Waals surface area (Å²) in [6.45, 7) is 6.55. The van der Waals surface area contributed by atoms with Crippen molar-refractivity contribution in [3.05, 3.63) is 40.9 Å². The molecule has 2 heterocycles. The van der Waals surface area contributed by atoms with Gasteiger partial charge in [0, 0.05) is 30.6 Å². The van der Waals surface area contributed by atoms with Gasteiger partial charge in [-0.3, -0.25) is 4.99 Å². The lowest BCUT2D eigenvalue weighted by molar-refractivity contribution is 0.0243. The maximum atomic E-state index is 5.82. The van der Waals surface area contributed by atoms with Crippen LogP contribution < -0.4 is 10.6 Å². The van der Waals surface area contributed by atoms with Gasteiger partial charge in [0.25, 0.3) is 0 Å². The van der Waals surface area contributed by atoms with Crippen LogP contribution in [0.4, 0.5) is 0 Å². The van der Waals surface area contributed by atoms with Crippen molar-refractivity contribution in [2.24, 2.45) is 4.99 Å². The van der Waals surface area contributed by atoms with Crippen LogP contribution in [-0.4, -0.2) is 36.7 Å². The number of hydrogen-bond donors (Lipinski definition) is 2. The van der Waals surface area contributed by atoms with Gasteiger partial charge in [-0.15, -0.1) is 35.3 Å². The number of halogens is 1. The molecule has 3 rings (SSSR count). The molecule has 1 aromatic heterocycles. The monoisotopic (exact) mass is 486 g/mol. The van der Waals surface area contributed by atoms with Gasteiger partial charge < -0.3 is 15.4 Å². The molecule has 1 atom stereocenters. The Morgan fingerprint density at radius 3 is 2.73 bits per heavy atom. The molecule has 26 heavy (non-hydrogen) atoms. The second-order valence-corrected chi connectivity index (χ2v) is 7.66. The average molecular weight is 486 g/mol. The zero-order valence-corrected chi connectivity index (χ0v) is 18.7. The minimum atomic E-state index is -0.0848. The number of guanidine groups is 1. The molecule has 7 heteroatoms. The lowest BCUT2D eigenvalue weighted by Crippen LogP contribution is -2.45. The van der Waals surface area contributed by atoms with Crippen LogP contribution in [0.5, 0.6) is 0 Å². The van der Waals surface area contributed by atoms with E-state index >= 15 is 0 Å². The third kappa shape index (κ3) is 5.40. The normalized spacial score (nSPS) is 19.9. The van der Waals surface area contributed by atoms with Crippen LogP contribution in [0.15, 0.2) is 35.3 Å². The topological polar surface area (TPSA) is 58.5 Å². The second kappa shape index (κ2) is 9.66. The van der Waals surface area contributed by atoms with Crippen LogP contribution in [0.1, 0.15) is 30.3 Å². The Bertz CT molecular complexity index is 726. The molecule has 2 N–H and O–H groups in total. The van der Waals surface area contributed by atoms with Crippen LogP contribution in [-0.2, 0) is 11.3 Å². The van der Waals surface area contributed by atoms with Crippen LogP contribution in [0, 0.1) is 6.92 Å². The van der Waals surface area contributed by atoms with Gasteiger partial charge in [0.1, 0.15) is 5.01 Å². The van der Waals surface area contributed by atoms with Gasteiger partial charge in [-0.2, -0.15) is 0 Å². The smallest absolute Gasteiger partial charge is 0.191 e. The summed E-state index contributed by atoms with van der Waals surface area (Å²) in [4.78, 5) is 10.2. The number of ether oxygens (including phenoxy) is 1. The van der Waals surface area contributed by atoms with Gasteiger partial charge >= 0.3 is 0 Å². The lowest BCUT2D eigenvalue weighted by Gasteiger charge is -2.24. The summed E-state index contributed by atoms with van der Waals surface area (Å²) >= 11 is 1.73. The molecule has 0 radical (unpaired) electrons. The maximum Gasteiger partial charge on any atom is 0.191 e. The SMILES string of the molecule is CN=C(NCc1sc(-c2ccccc2)nc1C)NCC1(C)CCCO1.I. The first-order chi connectivity index (χ1) is 12.1. The van der Waals surface area contributed by atoms with Crippen molar-refractivity contribution in [3.8, 4) is 10.6 Å². The molecular weight excluding hydrogens is 459 g/mol. The van der Waals surface area contributed by atoms with E-state index in [1.165, 1.54) is 4.88 Å². The van der Waals surface area contributed by atoms with Crippen molar-refractivity contribution >= 4 is 41.3 Å². The van der Waals surface area contributed by atoms with E-state index in [0.29, 0.717) is 6.54 Å². The molecule has 0 amide bonds. The molecule has 0 bridgehead atoms. The number of rotatable bonds is 5. The fraction of sp³-hybridized carbons (Fsp3) is 0.474. The zero-order valence-electron chi connectivity index (χ0n) is 15.5. The fourth-order valence-electron chi connectivity index (χ4n) is 2.93. The van der Waals surface area contributed by atoms with E-state index in [0.717, 1.165) is 48.2 Å². The number of aryl methyl sites for hydroxylation is 1. The Morgan fingerprint density at radius 2 is 2.08 bits per heavy atom. The summed E-state index contributed by atoms with van der Waals surface area (Å²) in [5.41, 5.74) is 2.15. The average Bonchev–Trinajstić information content (AvgIpc) is 3.22. The number of thiazole rings is 1.